The van der Waals surface area contributed by atoms with Gasteiger partial charge < -0.3 is 10.1 Å². The molecule has 192 valence electrons. The second-order valence-electron chi connectivity index (χ2n) is 11.8. The van der Waals surface area contributed by atoms with Gasteiger partial charge in [-0.1, -0.05) is 57.2 Å². The van der Waals surface area contributed by atoms with Gasteiger partial charge in [0.05, 0.1) is 16.4 Å². The summed E-state index contributed by atoms with van der Waals surface area (Å²) in [5.74, 6) is 0.00664. The topological polar surface area (TPSA) is 83.0 Å². The number of benzene rings is 3. The molecule has 0 unspecified atom stereocenters. The molecule has 0 bridgehead atoms. The molecule has 0 fully saturated rings. The highest BCUT2D eigenvalue weighted by Gasteiger charge is 2.28. The molecule has 0 aliphatic rings. The summed E-state index contributed by atoms with van der Waals surface area (Å²) in [4.78, 5) is 32.8. The van der Waals surface area contributed by atoms with Gasteiger partial charge in [-0.15, -0.1) is 0 Å². The number of carboxylic acids is 1. The number of rotatable bonds is 7. The van der Waals surface area contributed by atoms with Crippen molar-refractivity contribution in [1.29, 1.82) is 0 Å². The van der Waals surface area contributed by atoms with E-state index in [-0.39, 0.29) is 11.2 Å². The number of aliphatic carboxylic acids is 1. The number of carbonyl (C=O) groups excluding carboxylic acids is 1. The number of nitrogens with one attached hydrogen (secondary N) is 1. The van der Waals surface area contributed by atoms with E-state index in [2.05, 4.69) is 37.9 Å². The largest absolute Gasteiger partial charge is 0.481 e. The van der Waals surface area contributed by atoms with Crippen molar-refractivity contribution in [2.24, 2.45) is 5.41 Å². The van der Waals surface area contributed by atoms with E-state index in [0.717, 1.165) is 44.7 Å². The molecule has 1 heterocycles. The standard InChI is InChI=1S/C32H36N2O3/c1-19-14-22(18-32(6,7)30(36)37)15-20(2)28(19)29-33-25-13-10-23(17-26(25)34-29)27(35)16-21-8-11-24(12-9-21)31(3,4)5/h8-15,17H,16,18H2,1-7H3,(H,33,34)(H,36,37). The molecule has 37 heavy (non-hydrogen) atoms. The molecule has 0 amide bonds. The number of aryl methyl sites for hydroxylation is 2. The van der Waals surface area contributed by atoms with E-state index in [1.165, 1.54) is 5.56 Å². The van der Waals surface area contributed by atoms with E-state index in [0.29, 0.717) is 18.4 Å². The van der Waals surface area contributed by atoms with Crippen LogP contribution in [0, 0.1) is 19.3 Å². The summed E-state index contributed by atoms with van der Waals surface area (Å²) >= 11 is 0. The molecule has 0 atom stereocenters. The Labute approximate surface area is 219 Å². The van der Waals surface area contributed by atoms with E-state index in [1.807, 2.05) is 56.3 Å². The number of aromatic amines is 1. The highest BCUT2D eigenvalue weighted by molar-refractivity contribution is 6.00. The van der Waals surface area contributed by atoms with Gasteiger partial charge in [0.1, 0.15) is 5.82 Å². The number of carbonyl (C=O) groups is 2. The van der Waals surface area contributed by atoms with Crippen LogP contribution < -0.4 is 0 Å². The van der Waals surface area contributed by atoms with Crippen LogP contribution in [0.3, 0.4) is 0 Å². The third-order valence-electron chi connectivity index (χ3n) is 7.04. The van der Waals surface area contributed by atoms with E-state index < -0.39 is 11.4 Å². The van der Waals surface area contributed by atoms with Crippen molar-refractivity contribution in [2.75, 3.05) is 0 Å². The molecule has 0 aliphatic carbocycles. The molecule has 0 radical (unpaired) electrons. The quantitative estimate of drug-likeness (QED) is 0.265. The fourth-order valence-corrected chi connectivity index (χ4v) is 4.83. The molecule has 0 saturated heterocycles. The Morgan fingerprint density at radius 1 is 0.865 bits per heavy atom. The van der Waals surface area contributed by atoms with Crippen LogP contribution in [0.5, 0.6) is 0 Å². The molecule has 0 saturated carbocycles. The number of hydrogen-bond donors (Lipinski definition) is 2. The molecule has 2 N–H and O–H groups in total. The van der Waals surface area contributed by atoms with Crippen molar-refractivity contribution >= 4 is 22.8 Å². The normalized spacial score (nSPS) is 12.2. The van der Waals surface area contributed by atoms with Crippen LogP contribution in [0.25, 0.3) is 22.4 Å². The van der Waals surface area contributed by atoms with Gasteiger partial charge in [-0.05, 0) is 85.5 Å². The number of imidazole rings is 1. The van der Waals surface area contributed by atoms with Crippen LogP contribution >= 0.6 is 0 Å². The van der Waals surface area contributed by atoms with E-state index in [1.54, 1.807) is 13.8 Å². The molecule has 5 nitrogen and oxygen atoms in total. The number of aromatic nitrogens is 2. The van der Waals surface area contributed by atoms with Crippen LogP contribution in [0.4, 0.5) is 0 Å². The van der Waals surface area contributed by atoms with Crippen LogP contribution in [0.2, 0.25) is 0 Å². The van der Waals surface area contributed by atoms with Gasteiger partial charge in [0.15, 0.2) is 5.78 Å². The number of Topliss-reactive ketones (excluding diaryl/α,β-unsaturated/α-hetero) is 1. The Bertz CT molecular complexity index is 1460. The second kappa shape index (κ2) is 9.62. The van der Waals surface area contributed by atoms with Crippen molar-refractivity contribution in [1.82, 2.24) is 9.97 Å². The van der Waals surface area contributed by atoms with Crippen LogP contribution in [0.1, 0.15) is 72.8 Å². The number of H-pyrrole nitrogens is 1. The summed E-state index contributed by atoms with van der Waals surface area (Å²) in [6.45, 7) is 14.1. The summed E-state index contributed by atoms with van der Waals surface area (Å²) < 4.78 is 0. The summed E-state index contributed by atoms with van der Waals surface area (Å²) in [7, 11) is 0. The number of hydrogen-bond acceptors (Lipinski definition) is 3. The van der Waals surface area contributed by atoms with Gasteiger partial charge in [0.25, 0.3) is 0 Å². The van der Waals surface area contributed by atoms with Crippen LogP contribution in [-0.4, -0.2) is 26.8 Å². The van der Waals surface area contributed by atoms with Crippen molar-refractivity contribution in [3.05, 3.63) is 88.0 Å². The number of nitrogens with zero attached hydrogens (tertiary/aromatic N) is 1. The third-order valence-corrected chi connectivity index (χ3v) is 7.04. The third kappa shape index (κ3) is 5.66. The van der Waals surface area contributed by atoms with Crippen molar-refractivity contribution < 1.29 is 14.7 Å². The maximum absolute atomic E-state index is 13.0. The molecule has 4 rings (SSSR count). The van der Waals surface area contributed by atoms with Gasteiger partial charge in [-0.25, -0.2) is 4.98 Å². The number of carboxylic acid groups (broad SMARTS) is 1. The first-order chi connectivity index (χ1) is 17.2. The summed E-state index contributed by atoms with van der Waals surface area (Å²) in [6, 6.07) is 18.0. The smallest absolute Gasteiger partial charge is 0.309 e. The summed E-state index contributed by atoms with van der Waals surface area (Å²) in [5, 5.41) is 9.50. The van der Waals surface area contributed by atoms with Gasteiger partial charge in [0, 0.05) is 17.5 Å². The van der Waals surface area contributed by atoms with Gasteiger partial charge in [-0.3, -0.25) is 9.59 Å². The number of fused-ring (bicyclic) bond motifs is 1. The van der Waals surface area contributed by atoms with Crippen molar-refractivity contribution in [2.45, 2.75) is 66.7 Å². The first kappa shape index (κ1) is 26.3. The van der Waals surface area contributed by atoms with Gasteiger partial charge >= 0.3 is 5.97 Å². The lowest BCUT2D eigenvalue weighted by molar-refractivity contribution is -0.146. The van der Waals surface area contributed by atoms with Crippen molar-refractivity contribution in [3.63, 3.8) is 0 Å². The average molecular weight is 497 g/mol. The molecule has 3 aromatic carbocycles. The number of ketones is 1. The minimum Gasteiger partial charge on any atom is -0.481 e. The Hall–Kier alpha value is -3.73. The zero-order valence-electron chi connectivity index (χ0n) is 22.8. The monoisotopic (exact) mass is 496 g/mol. The Balaban J connectivity index is 1.58. The molecule has 1 aromatic heterocycles. The summed E-state index contributed by atoms with van der Waals surface area (Å²) in [6.07, 6.45) is 0.804. The summed E-state index contributed by atoms with van der Waals surface area (Å²) in [5.41, 5.74) is 7.83. The maximum Gasteiger partial charge on any atom is 0.309 e. The zero-order chi connectivity index (χ0) is 27.1. The molecule has 0 aliphatic heterocycles. The van der Waals surface area contributed by atoms with Gasteiger partial charge in [0.2, 0.25) is 0 Å². The predicted octanol–water partition coefficient (Wildman–Crippen LogP) is 7.22. The maximum atomic E-state index is 13.0. The zero-order valence-corrected chi connectivity index (χ0v) is 22.8. The van der Waals surface area contributed by atoms with E-state index in [4.69, 9.17) is 4.98 Å². The van der Waals surface area contributed by atoms with E-state index in [9.17, 15) is 14.7 Å². The Morgan fingerprint density at radius 2 is 1.49 bits per heavy atom. The molecule has 5 heteroatoms. The van der Waals surface area contributed by atoms with Gasteiger partial charge in [-0.2, -0.15) is 0 Å². The van der Waals surface area contributed by atoms with Crippen molar-refractivity contribution in [3.8, 4) is 11.4 Å². The highest BCUT2D eigenvalue weighted by Crippen LogP contribution is 2.31. The minimum atomic E-state index is -0.836. The molecule has 0 spiro atoms. The lowest BCUT2D eigenvalue weighted by Crippen LogP contribution is -2.26. The molecule has 4 aromatic rings. The fourth-order valence-electron chi connectivity index (χ4n) is 4.83. The molecular weight excluding hydrogens is 460 g/mol. The predicted molar refractivity (Wildman–Crippen MR) is 149 cm³/mol. The fraction of sp³-hybridized carbons (Fsp3) is 0.344. The van der Waals surface area contributed by atoms with Crippen LogP contribution in [0.15, 0.2) is 54.6 Å². The lowest BCUT2D eigenvalue weighted by atomic mass is 9.84. The SMILES string of the molecule is Cc1cc(CC(C)(C)C(=O)O)cc(C)c1-c1nc2ccc(C(=O)Cc3ccc(C(C)(C)C)cc3)cc2[nH]1. The second-order valence-corrected chi connectivity index (χ2v) is 11.8. The van der Waals surface area contributed by atoms with Crippen LogP contribution in [-0.2, 0) is 23.1 Å². The molecular formula is C32H36N2O3. The highest BCUT2D eigenvalue weighted by atomic mass is 16.4. The lowest BCUT2D eigenvalue weighted by Gasteiger charge is -2.20. The Kier molecular flexibility index (Phi) is 6.85. The minimum absolute atomic E-state index is 0.0688. The first-order valence-corrected chi connectivity index (χ1v) is 12.7. The Morgan fingerprint density at radius 3 is 2.05 bits per heavy atom. The average Bonchev–Trinajstić information content (AvgIpc) is 3.20. The first-order valence-electron chi connectivity index (χ1n) is 12.7. The van der Waals surface area contributed by atoms with E-state index >= 15 is 0 Å².